The van der Waals surface area contributed by atoms with E-state index in [1.807, 2.05) is 33.2 Å². The first-order valence-corrected chi connectivity index (χ1v) is 4.56. The zero-order chi connectivity index (χ0) is 10.4. The van der Waals surface area contributed by atoms with Crippen LogP contribution in [-0.4, -0.2) is 17.3 Å². The van der Waals surface area contributed by atoms with Crippen molar-refractivity contribution in [3.8, 4) is 0 Å². The van der Waals surface area contributed by atoms with Crippen LogP contribution in [0.2, 0.25) is 0 Å². The van der Waals surface area contributed by atoms with Crippen LogP contribution >= 0.6 is 0 Å². The highest BCUT2D eigenvalue weighted by molar-refractivity contribution is 5.97. The van der Waals surface area contributed by atoms with E-state index in [0.29, 0.717) is 0 Å². The monoisotopic (exact) mass is 178 g/mol. The molecule has 0 aliphatic rings. The van der Waals surface area contributed by atoms with Crippen molar-refractivity contribution in [3.05, 3.63) is 36.1 Å². The van der Waals surface area contributed by atoms with Gasteiger partial charge in [-0.2, -0.15) is 0 Å². The molecule has 0 spiro atoms. The van der Waals surface area contributed by atoms with Gasteiger partial charge in [-0.3, -0.25) is 0 Å². The van der Waals surface area contributed by atoms with Gasteiger partial charge in [-0.25, -0.2) is 4.58 Å². The Labute approximate surface area is 81.8 Å². The molecular weight excluding hydrogens is 158 g/mol. The second-order valence-electron chi connectivity index (χ2n) is 3.13. The molecule has 0 aromatic heterocycles. The Kier molecular flexibility index (Phi) is 5.05. The van der Waals surface area contributed by atoms with Crippen LogP contribution in [0.1, 0.15) is 27.7 Å². The summed E-state index contributed by atoms with van der Waals surface area (Å²) < 4.78 is 2.08. The third-order valence-corrected chi connectivity index (χ3v) is 2.25. The molecule has 0 fully saturated rings. The summed E-state index contributed by atoms with van der Waals surface area (Å²) in [5.41, 5.74) is 3.52. The number of nitrogens with zero attached hydrogens (tertiary/aromatic N) is 1. The zero-order valence-electron chi connectivity index (χ0n) is 9.39. The molecule has 0 rings (SSSR count). The lowest BCUT2D eigenvalue weighted by Crippen LogP contribution is -2.11. The summed E-state index contributed by atoms with van der Waals surface area (Å²) in [6.07, 6.45) is 6.13. The Bertz CT molecular complexity index is 277. The SMILES string of the molecule is C=C(C(C)=CC)C(C)=[N+](C)C=CC. The smallest absolute Gasteiger partial charge is 0.184 e. The van der Waals surface area contributed by atoms with Gasteiger partial charge in [0.05, 0.1) is 0 Å². The van der Waals surface area contributed by atoms with Gasteiger partial charge < -0.3 is 0 Å². The van der Waals surface area contributed by atoms with Gasteiger partial charge in [-0.05, 0) is 32.4 Å². The van der Waals surface area contributed by atoms with Gasteiger partial charge in [0.2, 0.25) is 0 Å². The van der Waals surface area contributed by atoms with Crippen LogP contribution in [0.15, 0.2) is 36.1 Å². The van der Waals surface area contributed by atoms with Gasteiger partial charge in [0.15, 0.2) is 11.9 Å². The van der Waals surface area contributed by atoms with Gasteiger partial charge in [0.25, 0.3) is 0 Å². The molecule has 72 valence electrons. The van der Waals surface area contributed by atoms with Gasteiger partial charge >= 0.3 is 0 Å². The molecule has 0 atom stereocenters. The molecule has 1 nitrogen and oxygen atoms in total. The number of hydrogen-bond acceptors (Lipinski definition) is 0. The quantitative estimate of drug-likeness (QED) is 0.355. The molecule has 0 saturated heterocycles. The first-order chi connectivity index (χ1) is 6.04. The normalized spacial score (nSPS) is 14.7. The maximum atomic E-state index is 4.05. The van der Waals surface area contributed by atoms with Gasteiger partial charge in [0, 0.05) is 12.5 Å². The predicted molar refractivity (Wildman–Crippen MR) is 60.3 cm³/mol. The third-order valence-electron chi connectivity index (χ3n) is 2.25. The minimum absolute atomic E-state index is 1.10. The lowest BCUT2D eigenvalue weighted by molar-refractivity contribution is -0.422. The molecule has 0 bridgehead atoms. The molecule has 0 saturated carbocycles. The summed E-state index contributed by atoms with van der Waals surface area (Å²) >= 11 is 0. The molecule has 0 amide bonds. The Hall–Kier alpha value is -1.11. The van der Waals surface area contributed by atoms with E-state index in [4.69, 9.17) is 0 Å². The van der Waals surface area contributed by atoms with E-state index in [0.717, 1.165) is 5.57 Å². The molecular formula is C12H20N+. The third kappa shape index (κ3) is 3.41. The largest absolute Gasteiger partial charge is 0.205 e. The van der Waals surface area contributed by atoms with Crippen LogP contribution in [0.25, 0.3) is 0 Å². The maximum Gasteiger partial charge on any atom is 0.184 e. The topological polar surface area (TPSA) is 3.01 Å². The van der Waals surface area contributed by atoms with Crippen LogP contribution in [0.3, 0.4) is 0 Å². The number of allylic oxidation sites excluding steroid dienone is 4. The van der Waals surface area contributed by atoms with Crippen molar-refractivity contribution in [2.45, 2.75) is 27.7 Å². The molecule has 0 radical (unpaired) electrons. The van der Waals surface area contributed by atoms with E-state index in [1.54, 1.807) is 0 Å². The Morgan fingerprint density at radius 2 is 1.77 bits per heavy atom. The molecule has 0 aromatic carbocycles. The van der Waals surface area contributed by atoms with E-state index in [1.165, 1.54) is 11.3 Å². The van der Waals surface area contributed by atoms with E-state index >= 15 is 0 Å². The maximum absolute atomic E-state index is 4.05. The Morgan fingerprint density at radius 3 is 2.15 bits per heavy atom. The van der Waals surface area contributed by atoms with Crippen LogP contribution < -0.4 is 0 Å². The highest BCUT2D eigenvalue weighted by Crippen LogP contribution is 2.08. The summed E-state index contributed by atoms with van der Waals surface area (Å²) in [5, 5.41) is 0. The summed E-state index contributed by atoms with van der Waals surface area (Å²) in [7, 11) is 2.03. The van der Waals surface area contributed by atoms with E-state index < -0.39 is 0 Å². The minimum atomic E-state index is 1.10. The lowest BCUT2D eigenvalue weighted by atomic mass is 10.1. The first-order valence-electron chi connectivity index (χ1n) is 4.56. The molecule has 1 heteroatoms. The zero-order valence-corrected chi connectivity index (χ0v) is 9.39. The average molecular weight is 178 g/mol. The number of hydrogen-bond donors (Lipinski definition) is 0. The van der Waals surface area contributed by atoms with Crippen molar-refractivity contribution >= 4 is 5.71 Å². The molecule has 13 heavy (non-hydrogen) atoms. The van der Waals surface area contributed by atoms with Crippen molar-refractivity contribution in [1.29, 1.82) is 0 Å². The van der Waals surface area contributed by atoms with E-state index in [9.17, 15) is 0 Å². The van der Waals surface area contributed by atoms with Crippen molar-refractivity contribution in [2.24, 2.45) is 0 Å². The lowest BCUT2D eigenvalue weighted by Gasteiger charge is -2.02. The summed E-state index contributed by atoms with van der Waals surface area (Å²) in [5.74, 6) is 0. The van der Waals surface area contributed by atoms with Gasteiger partial charge in [0.1, 0.15) is 7.05 Å². The van der Waals surface area contributed by atoms with E-state index in [2.05, 4.69) is 31.1 Å². The number of rotatable bonds is 3. The Balaban J connectivity index is 4.89. The molecule has 0 aromatic rings. The van der Waals surface area contributed by atoms with Gasteiger partial charge in [-0.1, -0.05) is 12.7 Å². The highest BCUT2D eigenvalue weighted by atomic mass is 14.9. The highest BCUT2D eigenvalue weighted by Gasteiger charge is 2.07. The van der Waals surface area contributed by atoms with Crippen LogP contribution in [0.5, 0.6) is 0 Å². The molecule has 0 N–H and O–H groups in total. The predicted octanol–water partition coefficient (Wildman–Crippen LogP) is 3.15. The van der Waals surface area contributed by atoms with Crippen molar-refractivity contribution < 1.29 is 4.58 Å². The average Bonchev–Trinajstić information content (AvgIpc) is 2.14. The second kappa shape index (κ2) is 5.52. The molecule has 0 heterocycles. The summed E-state index contributed by atoms with van der Waals surface area (Å²) in [6.45, 7) is 12.2. The van der Waals surface area contributed by atoms with Crippen LogP contribution in [-0.2, 0) is 0 Å². The molecule has 0 aliphatic carbocycles. The van der Waals surface area contributed by atoms with Crippen molar-refractivity contribution in [3.63, 3.8) is 0 Å². The molecule has 0 unspecified atom stereocenters. The fraction of sp³-hybridized carbons (Fsp3) is 0.417. The minimum Gasteiger partial charge on any atom is -0.205 e. The fourth-order valence-electron chi connectivity index (χ4n) is 1.01. The van der Waals surface area contributed by atoms with Crippen molar-refractivity contribution in [1.82, 2.24) is 0 Å². The van der Waals surface area contributed by atoms with Gasteiger partial charge in [-0.15, -0.1) is 0 Å². The summed E-state index contributed by atoms with van der Waals surface area (Å²) in [6, 6.07) is 0. The standard InChI is InChI=1S/C12H20N/c1-7-9-13(6)12(5)11(4)10(3)8-2/h7-9H,4H2,1-3,5-6H3/q+1. The molecule has 0 aliphatic heterocycles. The van der Waals surface area contributed by atoms with Crippen molar-refractivity contribution in [2.75, 3.05) is 7.05 Å². The Morgan fingerprint density at radius 1 is 1.23 bits per heavy atom. The van der Waals surface area contributed by atoms with E-state index in [-0.39, 0.29) is 0 Å². The fourth-order valence-corrected chi connectivity index (χ4v) is 1.01. The second-order valence-corrected chi connectivity index (χ2v) is 3.13. The van der Waals surface area contributed by atoms with Crippen LogP contribution in [0.4, 0.5) is 0 Å². The first kappa shape index (κ1) is 11.9. The summed E-state index contributed by atoms with van der Waals surface area (Å²) in [4.78, 5) is 0. The van der Waals surface area contributed by atoms with Crippen LogP contribution in [0, 0.1) is 0 Å².